The molecule has 102 valence electrons. The summed E-state index contributed by atoms with van der Waals surface area (Å²) >= 11 is 6.17. The first-order valence-electron chi connectivity index (χ1n) is 7.21. The Bertz CT molecular complexity index is 543. The van der Waals surface area contributed by atoms with Crippen molar-refractivity contribution in [3.8, 4) is 0 Å². The minimum absolute atomic E-state index is 0.523. The number of hydrogen-bond donors (Lipinski definition) is 1. The molecule has 0 atom stereocenters. The lowest BCUT2D eigenvalue weighted by Crippen LogP contribution is -2.17. The Morgan fingerprint density at radius 1 is 1.21 bits per heavy atom. The van der Waals surface area contributed by atoms with Crippen LogP contribution in [0.25, 0.3) is 11.0 Å². The zero-order chi connectivity index (χ0) is 13.1. The highest BCUT2D eigenvalue weighted by atomic mass is 35.5. The summed E-state index contributed by atoms with van der Waals surface area (Å²) in [5, 5.41) is 5.15. The predicted molar refractivity (Wildman–Crippen MR) is 79.5 cm³/mol. The summed E-state index contributed by atoms with van der Waals surface area (Å²) < 4.78 is 5.55. The third-order valence-electron chi connectivity index (χ3n) is 4.15. The molecule has 0 aliphatic heterocycles. The van der Waals surface area contributed by atoms with Crippen molar-refractivity contribution < 1.29 is 4.42 Å². The first kappa shape index (κ1) is 13.0. The summed E-state index contributed by atoms with van der Waals surface area (Å²) in [4.78, 5) is 0. The minimum atomic E-state index is 0.523. The smallest absolute Gasteiger partial charge is 0.199 e. The van der Waals surface area contributed by atoms with E-state index in [2.05, 4.69) is 11.4 Å². The van der Waals surface area contributed by atoms with Crippen LogP contribution in [0, 0.1) is 5.92 Å². The van der Waals surface area contributed by atoms with Crippen molar-refractivity contribution in [2.45, 2.75) is 38.6 Å². The molecular formula is C16H20ClNO. The van der Waals surface area contributed by atoms with Crippen LogP contribution in [0.3, 0.4) is 0 Å². The third-order valence-corrected chi connectivity index (χ3v) is 4.46. The lowest BCUT2D eigenvalue weighted by Gasteiger charge is -2.09. The average molecular weight is 278 g/mol. The first-order chi connectivity index (χ1) is 9.34. The van der Waals surface area contributed by atoms with Gasteiger partial charge in [0.15, 0.2) is 5.22 Å². The van der Waals surface area contributed by atoms with E-state index in [9.17, 15) is 0 Å². The highest BCUT2D eigenvalue weighted by molar-refractivity contribution is 6.30. The maximum absolute atomic E-state index is 6.17. The number of rotatable bonds is 5. The molecule has 1 fully saturated rings. The van der Waals surface area contributed by atoms with Crippen molar-refractivity contribution in [3.63, 3.8) is 0 Å². The molecule has 19 heavy (non-hydrogen) atoms. The number of halogens is 1. The van der Waals surface area contributed by atoms with Gasteiger partial charge in [0, 0.05) is 17.5 Å². The Labute approximate surface area is 119 Å². The summed E-state index contributed by atoms with van der Waals surface area (Å²) in [7, 11) is 0. The van der Waals surface area contributed by atoms with Gasteiger partial charge in [0.05, 0.1) is 0 Å². The molecule has 1 N–H and O–H groups in total. The summed E-state index contributed by atoms with van der Waals surface area (Å²) in [6, 6.07) is 8.03. The van der Waals surface area contributed by atoms with E-state index in [1.54, 1.807) is 0 Å². The molecule has 1 aliphatic carbocycles. The van der Waals surface area contributed by atoms with E-state index in [4.69, 9.17) is 16.0 Å². The summed E-state index contributed by atoms with van der Waals surface area (Å²) in [6.07, 6.45) is 6.95. The van der Waals surface area contributed by atoms with E-state index in [1.165, 1.54) is 32.1 Å². The fraction of sp³-hybridized carbons (Fsp3) is 0.500. The molecule has 0 bridgehead atoms. The second kappa shape index (κ2) is 5.98. The average Bonchev–Trinajstić information content (AvgIpc) is 3.02. The molecule has 0 unspecified atom stereocenters. The molecule has 1 aromatic carbocycles. The zero-order valence-corrected chi connectivity index (χ0v) is 11.9. The van der Waals surface area contributed by atoms with Crippen LogP contribution in [0.2, 0.25) is 5.22 Å². The van der Waals surface area contributed by atoms with Crippen molar-refractivity contribution in [1.29, 1.82) is 0 Å². The van der Waals surface area contributed by atoms with Gasteiger partial charge in [-0.05, 0) is 36.6 Å². The summed E-state index contributed by atoms with van der Waals surface area (Å²) in [6.45, 7) is 1.86. The third kappa shape index (κ3) is 2.96. The highest BCUT2D eigenvalue weighted by Gasteiger charge is 2.15. The van der Waals surface area contributed by atoms with Crippen molar-refractivity contribution in [1.82, 2.24) is 5.32 Å². The number of nitrogens with one attached hydrogen (secondary N) is 1. The van der Waals surface area contributed by atoms with Gasteiger partial charge in [-0.25, -0.2) is 0 Å². The number of benzene rings is 1. The fourth-order valence-corrected chi connectivity index (χ4v) is 3.30. The van der Waals surface area contributed by atoms with Crippen LogP contribution < -0.4 is 5.32 Å². The number of fused-ring (bicyclic) bond motifs is 1. The van der Waals surface area contributed by atoms with Crippen LogP contribution >= 0.6 is 11.6 Å². The fourth-order valence-electron chi connectivity index (χ4n) is 3.05. The summed E-state index contributed by atoms with van der Waals surface area (Å²) in [5.74, 6) is 0.934. The zero-order valence-electron chi connectivity index (χ0n) is 11.1. The van der Waals surface area contributed by atoms with E-state index in [-0.39, 0.29) is 0 Å². The Morgan fingerprint density at radius 2 is 2.00 bits per heavy atom. The van der Waals surface area contributed by atoms with Crippen LogP contribution in [0.5, 0.6) is 0 Å². The molecule has 2 nitrogen and oxygen atoms in total. The van der Waals surface area contributed by atoms with Crippen LogP contribution in [0.4, 0.5) is 0 Å². The Balaban J connectivity index is 1.57. The van der Waals surface area contributed by atoms with E-state index in [0.29, 0.717) is 5.22 Å². The lowest BCUT2D eigenvalue weighted by molar-refractivity contribution is 0.477. The minimum Gasteiger partial charge on any atom is -0.444 e. The van der Waals surface area contributed by atoms with Gasteiger partial charge in [0.1, 0.15) is 5.58 Å². The van der Waals surface area contributed by atoms with Gasteiger partial charge >= 0.3 is 0 Å². The lowest BCUT2D eigenvalue weighted by atomic mass is 10.0. The quantitative estimate of drug-likeness (QED) is 0.798. The Hall–Kier alpha value is -0.990. The molecule has 0 spiro atoms. The van der Waals surface area contributed by atoms with Crippen molar-refractivity contribution >= 4 is 22.6 Å². The predicted octanol–water partition coefficient (Wildman–Crippen LogP) is 4.76. The van der Waals surface area contributed by atoms with Gasteiger partial charge in [0.25, 0.3) is 0 Å². The maximum Gasteiger partial charge on any atom is 0.199 e. The second-order valence-corrected chi connectivity index (χ2v) is 5.81. The molecule has 2 aromatic rings. The highest BCUT2D eigenvalue weighted by Crippen LogP contribution is 2.30. The number of para-hydroxylation sites is 1. The van der Waals surface area contributed by atoms with Crippen LogP contribution in [-0.4, -0.2) is 6.54 Å². The van der Waals surface area contributed by atoms with Gasteiger partial charge in [-0.3, -0.25) is 0 Å². The number of hydrogen-bond acceptors (Lipinski definition) is 2. The Kier molecular flexibility index (Phi) is 4.09. The molecule has 0 amide bonds. The van der Waals surface area contributed by atoms with E-state index in [1.807, 2.05) is 18.2 Å². The molecule has 0 radical (unpaired) electrons. The SMILES string of the molecule is Clc1oc2ccccc2c1CNCCC1CCCC1. The van der Waals surface area contributed by atoms with E-state index >= 15 is 0 Å². The maximum atomic E-state index is 6.17. The van der Waals surface area contributed by atoms with Gasteiger partial charge in [-0.2, -0.15) is 0 Å². The topological polar surface area (TPSA) is 25.2 Å². The van der Waals surface area contributed by atoms with Crippen molar-refractivity contribution in [2.24, 2.45) is 5.92 Å². The van der Waals surface area contributed by atoms with Crippen molar-refractivity contribution in [2.75, 3.05) is 6.54 Å². The monoisotopic (exact) mass is 277 g/mol. The molecule has 0 saturated heterocycles. The van der Waals surface area contributed by atoms with E-state index in [0.717, 1.165) is 35.5 Å². The van der Waals surface area contributed by atoms with E-state index < -0.39 is 0 Å². The number of furan rings is 1. The molecule has 1 aromatic heterocycles. The van der Waals surface area contributed by atoms with Crippen LogP contribution in [-0.2, 0) is 6.54 Å². The normalized spacial score (nSPS) is 16.5. The van der Waals surface area contributed by atoms with Gasteiger partial charge in [-0.15, -0.1) is 0 Å². The molecule has 1 heterocycles. The van der Waals surface area contributed by atoms with Crippen LogP contribution in [0.1, 0.15) is 37.7 Å². The van der Waals surface area contributed by atoms with Crippen molar-refractivity contribution in [3.05, 3.63) is 35.0 Å². The molecule has 1 saturated carbocycles. The molecular weight excluding hydrogens is 258 g/mol. The van der Waals surface area contributed by atoms with Gasteiger partial charge in [0.2, 0.25) is 0 Å². The van der Waals surface area contributed by atoms with Crippen LogP contribution in [0.15, 0.2) is 28.7 Å². The summed E-state index contributed by atoms with van der Waals surface area (Å²) in [5.41, 5.74) is 1.96. The van der Waals surface area contributed by atoms with Gasteiger partial charge in [-0.1, -0.05) is 43.9 Å². The second-order valence-electron chi connectivity index (χ2n) is 5.47. The standard InChI is InChI=1S/C16H20ClNO/c17-16-14(13-7-3-4-8-15(13)19-16)11-18-10-9-12-5-1-2-6-12/h3-4,7-8,12,18H,1-2,5-6,9-11H2. The Morgan fingerprint density at radius 3 is 2.84 bits per heavy atom. The molecule has 3 rings (SSSR count). The first-order valence-corrected chi connectivity index (χ1v) is 7.59. The van der Waals surface area contributed by atoms with Gasteiger partial charge < -0.3 is 9.73 Å². The largest absolute Gasteiger partial charge is 0.444 e. The molecule has 3 heteroatoms. The molecule has 1 aliphatic rings.